The maximum absolute atomic E-state index is 6.28. The molecule has 0 bridgehead atoms. The predicted molar refractivity (Wildman–Crippen MR) is 73.0 cm³/mol. The van der Waals surface area contributed by atoms with Gasteiger partial charge < -0.3 is 10.5 Å². The summed E-state index contributed by atoms with van der Waals surface area (Å²) >= 11 is 5.94. The number of nitrogens with zero attached hydrogens (tertiary/aromatic N) is 1. The van der Waals surface area contributed by atoms with E-state index in [2.05, 4.69) is 4.98 Å². The molecule has 1 aromatic heterocycles. The van der Waals surface area contributed by atoms with Crippen molar-refractivity contribution < 1.29 is 4.74 Å². The predicted octanol–water partition coefficient (Wildman–Crippen LogP) is 3.10. The van der Waals surface area contributed by atoms with Crippen LogP contribution in [0.15, 0.2) is 36.7 Å². The molecule has 2 rings (SSSR count). The second-order valence-electron chi connectivity index (χ2n) is 4.10. The van der Waals surface area contributed by atoms with E-state index < -0.39 is 0 Å². The van der Waals surface area contributed by atoms with Crippen LogP contribution in [-0.2, 0) is 0 Å². The average molecular weight is 263 g/mol. The monoisotopic (exact) mass is 262 g/mol. The van der Waals surface area contributed by atoms with Crippen LogP contribution in [0.2, 0.25) is 5.02 Å². The molecule has 1 atom stereocenters. The number of nitrogens with two attached hydrogens (primary N) is 1. The summed E-state index contributed by atoms with van der Waals surface area (Å²) in [7, 11) is 1.61. The van der Waals surface area contributed by atoms with Gasteiger partial charge in [0, 0.05) is 23.0 Å². The Bertz CT molecular complexity index is 557. The Labute approximate surface area is 112 Å². The van der Waals surface area contributed by atoms with E-state index in [0.717, 1.165) is 16.7 Å². The second-order valence-corrected chi connectivity index (χ2v) is 4.53. The van der Waals surface area contributed by atoms with Crippen LogP contribution in [0.25, 0.3) is 0 Å². The molecule has 1 aromatic carbocycles. The van der Waals surface area contributed by atoms with Gasteiger partial charge in [-0.25, -0.2) is 0 Å². The van der Waals surface area contributed by atoms with Gasteiger partial charge in [-0.05, 0) is 36.2 Å². The number of aryl methyl sites for hydroxylation is 1. The second kappa shape index (κ2) is 5.38. The number of rotatable bonds is 3. The molecule has 94 valence electrons. The van der Waals surface area contributed by atoms with Gasteiger partial charge in [0.15, 0.2) is 0 Å². The van der Waals surface area contributed by atoms with Gasteiger partial charge in [0.1, 0.15) is 5.75 Å². The summed E-state index contributed by atoms with van der Waals surface area (Å²) in [5, 5.41) is 0.630. The normalized spacial score (nSPS) is 12.2. The molecule has 0 aliphatic carbocycles. The fourth-order valence-corrected chi connectivity index (χ4v) is 2.07. The number of hydrogen-bond acceptors (Lipinski definition) is 3. The number of benzene rings is 1. The number of ether oxygens (including phenoxy) is 1. The van der Waals surface area contributed by atoms with Crippen molar-refractivity contribution >= 4 is 11.6 Å². The molecule has 0 aliphatic rings. The Morgan fingerprint density at radius 3 is 2.72 bits per heavy atom. The van der Waals surface area contributed by atoms with E-state index in [1.165, 1.54) is 0 Å². The number of halogens is 1. The van der Waals surface area contributed by atoms with Crippen molar-refractivity contribution in [2.24, 2.45) is 5.73 Å². The Morgan fingerprint density at radius 2 is 2.06 bits per heavy atom. The van der Waals surface area contributed by atoms with Gasteiger partial charge in [0.2, 0.25) is 0 Å². The molecule has 2 N–H and O–H groups in total. The van der Waals surface area contributed by atoms with E-state index in [0.29, 0.717) is 10.8 Å². The van der Waals surface area contributed by atoms with Gasteiger partial charge in [-0.1, -0.05) is 17.7 Å². The highest BCUT2D eigenvalue weighted by molar-refractivity contribution is 6.30. The van der Waals surface area contributed by atoms with Crippen molar-refractivity contribution in [2.45, 2.75) is 13.0 Å². The van der Waals surface area contributed by atoms with E-state index in [-0.39, 0.29) is 6.04 Å². The molecule has 18 heavy (non-hydrogen) atoms. The molecule has 0 radical (unpaired) electrons. The molecule has 4 heteroatoms. The minimum atomic E-state index is -0.272. The van der Waals surface area contributed by atoms with Crippen LogP contribution in [-0.4, -0.2) is 12.1 Å². The molecule has 3 nitrogen and oxygen atoms in total. The van der Waals surface area contributed by atoms with Crippen molar-refractivity contribution in [2.75, 3.05) is 7.11 Å². The van der Waals surface area contributed by atoms with Crippen LogP contribution in [0.5, 0.6) is 5.75 Å². The maximum atomic E-state index is 6.28. The van der Waals surface area contributed by atoms with Crippen molar-refractivity contribution in [1.82, 2.24) is 4.98 Å². The standard InChI is InChI=1S/C14H15ClN2O/c1-9-5-6-17-8-12(9)14(16)11-4-3-10(15)7-13(11)18-2/h3-8,14H,16H2,1-2H3. The highest BCUT2D eigenvalue weighted by atomic mass is 35.5. The summed E-state index contributed by atoms with van der Waals surface area (Å²) in [4.78, 5) is 4.12. The zero-order valence-electron chi connectivity index (χ0n) is 10.4. The molecular formula is C14H15ClN2O. The van der Waals surface area contributed by atoms with Gasteiger partial charge in [-0.3, -0.25) is 4.98 Å². The molecule has 0 aliphatic heterocycles. The molecule has 0 saturated carbocycles. The fourth-order valence-electron chi connectivity index (χ4n) is 1.91. The van der Waals surface area contributed by atoms with Gasteiger partial charge in [0.25, 0.3) is 0 Å². The van der Waals surface area contributed by atoms with Gasteiger partial charge in [0.05, 0.1) is 13.2 Å². The third-order valence-corrected chi connectivity index (χ3v) is 3.18. The first-order valence-corrected chi connectivity index (χ1v) is 6.01. The minimum absolute atomic E-state index is 0.272. The molecule has 0 saturated heterocycles. The van der Waals surface area contributed by atoms with Crippen LogP contribution < -0.4 is 10.5 Å². The Kier molecular flexibility index (Phi) is 3.84. The number of hydrogen-bond donors (Lipinski definition) is 1. The molecule has 0 fully saturated rings. The summed E-state index contributed by atoms with van der Waals surface area (Å²) < 4.78 is 5.32. The van der Waals surface area contributed by atoms with Gasteiger partial charge in [-0.15, -0.1) is 0 Å². The molecular weight excluding hydrogens is 248 g/mol. The molecule has 1 unspecified atom stereocenters. The lowest BCUT2D eigenvalue weighted by Crippen LogP contribution is -2.14. The largest absolute Gasteiger partial charge is 0.496 e. The average Bonchev–Trinajstić information content (AvgIpc) is 2.38. The SMILES string of the molecule is COc1cc(Cl)ccc1C(N)c1cnccc1C. The summed E-state index contributed by atoms with van der Waals surface area (Å²) in [5.74, 6) is 0.693. The van der Waals surface area contributed by atoms with Crippen molar-refractivity contribution in [3.63, 3.8) is 0 Å². The smallest absolute Gasteiger partial charge is 0.125 e. The minimum Gasteiger partial charge on any atom is -0.496 e. The lowest BCUT2D eigenvalue weighted by atomic mass is 9.97. The van der Waals surface area contributed by atoms with E-state index in [9.17, 15) is 0 Å². The van der Waals surface area contributed by atoms with Crippen LogP contribution >= 0.6 is 11.6 Å². The summed E-state index contributed by atoms with van der Waals surface area (Å²) in [6.45, 7) is 2.01. The van der Waals surface area contributed by atoms with Crippen LogP contribution in [0.4, 0.5) is 0 Å². The highest BCUT2D eigenvalue weighted by Crippen LogP contribution is 2.31. The van der Waals surface area contributed by atoms with Crippen molar-refractivity contribution in [3.8, 4) is 5.75 Å². The molecule has 2 aromatic rings. The van der Waals surface area contributed by atoms with Crippen LogP contribution in [0.1, 0.15) is 22.7 Å². The third kappa shape index (κ3) is 2.47. The first-order valence-electron chi connectivity index (χ1n) is 5.63. The number of pyridine rings is 1. The Balaban J connectivity index is 2.46. The summed E-state index contributed by atoms with van der Waals surface area (Å²) in [5.41, 5.74) is 9.27. The summed E-state index contributed by atoms with van der Waals surface area (Å²) in [6.07, 6.45) is 3.54. The van der Waals surface area contributed by atoms with Crippen molar-refractivity contribution in [1.29, 1.82) is 0 Å². The van der Waals surface area contributed by atoms with Gasteiger partial charge in [-0.2, -0.15) is 0 Å². The topological polar surface area (TPSA) is 48.1 Å². The number of methoxy groups -OCH3 is 1. The zero-order valence-corrected chi connectivity index (χ0v) is 11.1. The Morgan fingerprint density at radius 1 is 1.28 bits per heavy atom. The first kappa shape index (κ1) is 12.9. The lowest BCUT2D eigenvalue weighted by molar-refractivity contribution is 0.408. The summed E-state index contributed by atoms with van der Waals surface area (Å²) in [6, 6.07) is 7.13. The number of aromatic nitrogens is 1. The lowest BCUT2D eigenvalue weighted by Gasteiger charge is -2.17. The zero-order chi connectivity index (χ0) is 13.1. The van der Waals surface area contributed by atoms with E-state index in [1.54, 1.807) is 25.6 Å². The maximum Gasteiger partial charge on any atom is 0.125 e. The quantitative estimate of drug-likeness (QED) is 0.925. The van der Waals surface area contributed by atoms with Crippen LogP contribution in [0, 0.1) is 6.92 Å². The fraction of sp³-hybridized carbons (Fsp3) is 0.214. The molecule has 0 spiro atoms. The highest BCUT2D eigenvalue weighted by Gasteiger charge is 2.16. The van der Waals surface area contributed by atoms with E-state index in [4.69, 9.17) is 22.1 Å². The first-order chi connectivity index (χ1) is 8.63. The van der Waals surface area contributed by atoms with E-state index >= 15 is 0 Å². The third-order valence-electron chi connectivity index (χ3n) is 2.95. The van der Waals surface area contributed by atoms with Crippen molar-refractivity contribution in [3.05, 3.63) is 58.4 Å². The van der Waals surface area contributed by atoms with Gasteiger partial charge >= 0.3 is 0 Å². The Hall–Kier alpha value is -1.58. The van der Waals surface area contributed by atoms with E-state index in [1.807, 2.05) is 25.1 Å². The van der Waals surface area contributed by atoms with Crippen LogP contribution in [0.3, 0.4) is 0 Å². The molecule has 0 amide bonds. The molecule has 1 heterocycles.